The van der Waals surface area contributed by atoms with Crippen molar-refractivity contribution in [3.63, 3.8) is 0 Å². The van der Waals surface area contributed by atoms with Gasteiger partial charge in [-0.1, -0.05) is 36.1 Å². The molecule has 0 radical (unpaired) electrons. The van der Waals surface area contributed by atoms with Crippen LogP contribution in [-0.2, 0) is 4.79 Å². The van der Waals surface area contributed by atoms with Crippen LogP contribution in [0.25, 0.3) is 17.4 Å². The highest BCUT2D eigenvalue weighted by Gasteiger charge is 2.34. The zero-order chi connectivity index (χ0) is 23.9. The van der Waals surface area contributed by atoms with Gasteiger partial charge in [-0.2, -0.15) is 0 Å². The van der Waals surface area contributed by atoms with E-state index in [4.69, 9.17) is 16.6 Å². The second kappa shape index (κ2) is 8.64. The summed E-state index contributed by atoms with van der Waals surface area (Å²) in [4.78, 5) is 37.0. The first-order chi connectivity index (χ1) is 15.7. The van der Waals surface area contributed by atoms with Gasteiger partial charge in [-0.25, -0.2) is 4.79 Å². The lowest BCUT2D eigenvalue weighted by atomic mass is 10.1. The fraction of sp³-hybridized carbons (Fsp3) is 0.0870. The molecule has 166 valence electrons. The Morgan fingerprint density at radius 3 is 2.64 bits per heavy atom. The van der Waals surface area contributed by atoms with Gasteiger partial charge in [0.25, 0.3) is 11.6 Å². The third kappa shape index (κ3) is 4.30. The van der Waals surface area contributed by atoms with Crippen LogP contribution in [0, 0.1) is 24.0 Å². The van der Waals surface area contributed by atoms with Crippen molar-refractivity contribution in [3.05, 3.63) is 86.0 Å². The molecule has 1 saturated heterocycles. The van der Waals surface area contributed by atoms with Crippen LogP contribution in [0.2, 0.25) is 0 Å². The minimum atomic E-state index is -1.11. The molecule has 1 amide bonds. The Balaban J connectivity index is 1.67. The molecule has 33 heavy (non-hydrogen) atoms. The molecule has 0 unspecified atom stereocenters. The van der Waals surface area contributed by atoms with Crippen LogP contribution in [0.1, 0.15) is 27.2 Å². The van der Waals surface area contributed by atoms with Gasteiger partial charge in [0.2, 0.25) is 0 Å². The third-order valence-electron chi connectivity index (χ3n) is 5.01. The van der Waals surface area contributed by atoms with E-state index in [0.29, 0.717) is 33.2 Å². The van der Waals surface area contributed by atoms with Gasteiger partial charge in [0, 0.05) is 12.1 Å². The van der Waals surface area contributed by atoms with Crippen LogP contribution >= 0.6 is 24.0 Å². The van der Waals surface area contributed by atoms with Crippen LogP contribution in [0.4, 0.5) is 11.4 Å². The van der Waals surface area contributed by atoms with Gasteiger partial charge in [0.15, 0.2) is 4.32 Å². The molecule has 2 heterocycles. The number of carboxylic acid groups (broad SMARTS) is 1. The molecule has 1 aliphatic rings. The molecule has 3 aromatic rings. The molecule has 0 spiro atoms. The van der Waals surface area contributed by atoms with Gasteiger partial charge in [-0.15, -0.1) is 0 Å². The Morgan fingerprint density at radius 2 is 1.94 bits per heavy atom. The van der Waals surface area contributed by atoms with Gasteiger partial charge < -0.3 is 9.52 Å². The molecule has 10 heteroatoms. The van der Waals surface area contributed by atoms with Gasteiger partial charge in [0.05, 0.1) is 26.6 Å². The molecule has 0 aliphatic carbocycles. The van der Waals surface area contributed by atoms with Crippen LogP contribution < -0.4 is 4.90 Å². The number of rotatable bonds is 5. The van der Waals surface area contributed by atoms with E-state index in [1.54, 1.807) is 44.2 Å². The number of thiocarbonyl (C=S) groups is 1. The number of nitro groups is 1. The number of carboxylic acids is 1. The van der Waals surface area contributed by atoms with E-state index in [-0.39, 0.29) is 15.6 Å². The van der Waals surface area contributed by atoms with Crippen LogP contribution in [0.5, 0.6) is 0 Å². The average molecular weight is 481 g/mol. The number of amides is 1. The number of aromatic carboxylic acids is 1. The van der Waals surface area contributed by atoms with Gasteiger partial charge in [0.1, 0.15) is 11.5 Å². The molecule has 1 fully saturated rings. The maximum absolute atomic E-state index is 13.1. The van der Waals surface area contributed by atoms with E-state index < -0.39 is 16.8 Å². The summed E-state index contributed by atoms with van der Waals surface area (Å²) in [5, 5.41) is 20.7. The van der Waals surface area contributed by atoms with Crippen molar-refractivity contribution >= 4 is 57.6 Å². The van der Waals surface area contributed by atoms with Crippen LogP contribution in [-0.4, -0.2) is 26.2 Å². The van der Waals surface area contributed by atoms with E-state index in [0.717, 1.165) is 17.3 Å². The number of carbonyl (C=O) groups is 2. The van der Waals surface area contributed by atoms with E-state index in [2.05, 4.69) is 0 Å². The average Bonchev–Trinajstić information content (AvgIpc) is 3.33. The predicted molar refractivity (Wildman–Crippen MR) is 129 cm³/mol. The summed E-state index contributed by atoms with van der Waals surface area (Å²) in [5.41, 5.74) is 2.16. The topological polar surface area (TPSA) is 114 Å². The molecule has 1 aromatic heterocycles. The number of aryl methyl sites for hydroxylation is 2. The quantitative estimate of drug-likeness (QED) is 0.218. The molecule has 4 rings (SSSR count). The molecular formula is C23H16N2O6S2. The molecule has 0 atom stereocenters. The Hall–Kier alpha value is -3.76. The van der Waals surface area contributed by atoms with Crippen molar-refractivity contribution < 1.29 is 24.0 Å². The first-order valence-electron chi connectivity index (χ1n) is 9.63. The molecule has 8 nitrogen and oxygen atoms in total. The highest BCUT2D eigenvalue weighted by atomic mass is 32.2. The maximum Gasteiger partial charge on any atom is 0.335 e. The first kappa shape index (κ1) is 22.4. The number of anilines is 1. The maximum atomic E-state index is 13.1. The van der Waals surface area contributed by atoms with E-state index in [1.807, 2.05) is 0 Å². The molecule has 0 saturated carbocycles. The summed E-state index contributed by atoms with van der Waals surface area (Å²) in [6, 6.07) is 12.5. The standard InChI is InChI=1S/C23H16N2O6S2/c1-12-3-7-16(18(9-12)25(29)30)19-8-6-15(31-19)11-20-21(26)24(23(32)33-20)17-10-14(22(27)28)5-4-13(17)2/h3-11H,1-2H3,(H,27,28)/b20-11+. The number of hydrogen-bond donors (Lipinski definition) is 1. The summed E-state index contributed by atoms with van der Waals surface area (Å²) >= 11 is 6.44. The SMILES string of the molecule is Cc1ccc(-c2ccc(/C=C3/SC(=S)N(c4cc(C(=O)O)ccc4C)C3=O)o2)c([N+](=O)[O-])c1. The minimum Gasteiger partial charge on any atom is -0.478 e. The monoisotopic (exact) mass is 480 g/mol. The first-order valence-corrected chi connectivity index (χ1v) is 10.9. The lowest BCUT2D eigenvalue weighted by molar-refractivity contribution is -0.384. The number of hydrogen-bond acceptors (Lipinski definition) is 7. The van der Waals surface area contributed by atoms with Gasteiger partial charge in [-0.3, -0.25) is 19.8 Å². The zero-order valence-corrected chi connectivity index (χ0v) is 19.0. The van der Waals surface area contributed by atoms with Crippen molar-refractivity contribution in [2.24, 2.45) is 0 Å². The Bertz CT molecular complexity index is 1380. The molecule has 0 bridgehead atoms. The molecule has 2 aromatic carbocycles. The lowest BCUT2D eigenvalue weighted by Gasteiger charge is -2.17. The summed E-state index contributed by atoms with van der Waals surface area (Å²) in [7, 11) is 0. The Kier molecular flexibility index (Phi) is 5.88. The fourth-order valence-electron chi connectivity index (χ4n) is 3.36. The van der Waals surface area contributed by atoms with Crippen molar-refractivity contribution in [2.45, 2.75) is 13.8 Å². The number of carbonyl (C=O) groups excluding carboxylic acids is 1. The number of nitro benzene ring substituents is 1. The van der Waals surface area contributed by atoms with Crippen molar-refractivity contribution in [1.29, 1.82) is 0 Å². The van der Waals surface area contributed by atoms with Crippen molar-refractivity contribution in [1.82, 2.24) is 0 Å². The van der Waals surface area contributed by atoms with Crippen LogP contribution in [0.3, 0.4) is 0 Å². The van der Waals surface area contributed by atoms with Crippen LogP contribution in [0.15, 0.2) is 57.9 Å². The number of thioether (sulfide) groups is 1. The molecule has 1 N–H and O–H groups in total. The minimum absolute atomic E-state index is 0.0454. The number of nitrogens with zero attached hydrogens (tertiary/aromatic N) is 2. The summed E-state index contributed by atoms with van der Waals surface area (Å²) in [5.74, 6) is -0.884. The van der Waals surface area contributed by atoms with Gasteiger partial charge in [-0.05, 0) is 55.3 Å². The normalized spacial score (nSPS) is 14.8. The second-order valence-electron chi connectivity index (χ2n) is 7.30. The largest absolute Gasteiger partial charge is 0.478 e. The Morgan fingerprint density at radius 1 is 1.18 bits per heavy atom. The molecular weight excluding hydrogens is 464 g/mol. The van der Waals surface area contributed by atoms with Gasteiger partial charge >= 0.3 is 5.97 Å². The highest BCUT2D eigenvalue weighted by Crippen LogP contribution is 2.39. The van der Waals surface area contributed by atoms with Crippen molar-refractivity contribution in [2.75, 3.05) is 4.90 Å². The number of benzene rings is 2. The second-order valence-corrected chi connectivity index (χ2v) is 8.98. The predicted octanol–water partition coefficient (Wildman–Crippen LogP) is 5.58. The zero-order valence-electron chi connectivity index (χ0n) is 17.4. The lowest BCUT2D eigenvalue weighted by Crippen LogP contribution is -2.28. The highest BCUT2D eigenvalue weighted by molar-refractivity contribution is 8.27. The van der Waals surface area contributed by atoms with Crippen molar-refractivity contribution in [3.8, 4) is 11.3 Å². The third-order valence-corrected chi connectivity index (χ3v) is 6.31. The van der Waals surface area contributed by atoms with E-state index in [9.17, 15) is 24.8 Å². The summed E-state index contributed by atoms with van der Waals surface area (Å²) in [6.45, 7) is 3.52. The summed E-state index contributed by atoms with van der Waals surface area (Å²) in [6.07, 6.45) is 1.51. The fourth-order valence-corrected chi connectivity index (χ4v) is 4.63. The van der Waals surface area contributed by atoms with E-state index in [1.165, 1.54) is 29.2 Å². The van der Waals surface area contributed by atoms with E-state index >= 15 is 0 Å². The summed E-state index contributed by atoms with van der Waals surface area (Å²) < 4.78 is 6.04. The Labute approximate surface area is 197 Å². The number of furan rings is 1. The molecule has 1 aliphatic heterocycles. The smallest absolute Gasteiger partial charge is 0.335 e.